The number of rotatable bonds is 9. The van der Waals surface area contributed by atoms with Crippen molar-refractivity contribution in [2.45, 2.75) is 26.8 Å². The van der Waals surface area contributed by atoms with E-state index < -0.39 is 0 Å². The normalized spacial score (nSPS) is 10.3. The molecule has 5 nitrogen and oxygen atoms in total. The Balaban J connectivity index is 2.70. The average molecular weight is 315 g/mol. The summed E-state index contributed by atoms with van der Waals surface area (Å²) >= 11 is 6.24. The largest absolute Gasteiger partial charge is 0.493 e. The second-order valence-corrected chi connectivity index (χ2v) is 4.85. The van der Waals surface area contributed by atoms with Gasteiger partial charge < -0.3 is 20.1 Å². The van der Waals surface area contributed by atoms with E-state index in [2.05, 4.69) is 10.6 Å². The lowest BCUT2D eigenvalue weighted by atomic mass is 10.2. The number of halogens is 1. The first kappa shape index (κ1) is 17.6. The van der Waals surface area contributed by atoms with E-state index in [4.69, 9.17) is 21.1 Å². The second-order valence-electron chi connectivity index (χ2n) is 4.44. The molecule has 0 aromatic heterocycles. The van der Waals surface area contributed by atoms with Gasteiger partial charge in [0.1, 0.15) is 0 Å². The molecular weight excluding hydrogens is 292 g/mol. The molecular formula is C15H23ClN2O3. The number of nitrogens with one attached hydrogen (secondary N) is 2. The van der Waals surface area contributed by atoms with Crippen molar-refractivity contribution in [1.82, 2.24) is 10.6 Å². The van der Waals surface area contributed by atoms with Gasteiger partial charge in [-0.25, -0.2) is 0 Å². The number of carbonyl (C=O) groups excluding carboxylic acids is 1. The summed E-state index contributed by atoms with van der Waals surface area (Å²) in [5, 5.41) is 6.43. The number of carbonyl (C=O) groups is 1. The molecule has 0 fully saturated rings. The van der Waals surface area contributed by atoms with Gasteiger partial charge in [-0.15, -0.1) is 0 Å². The fourth-order valence-corrected chi connectivity index (χ4v) is 2.10. The minimum atomic E-state index is -0.0450. The second kappa shape index (κ2) is 9.47. The maximum atomic E-state index is 11.4. The Bertz CT molecular complexity index is 466. The Kier molecular flexibility index (Phi) is 7.93. The Morgan fingerprint density at radius 1 is 1.29 bits per heavy atom. The molecule has 0 aliphatic heterocycles. The highest BCUT2D eigenvalue weighted by Crippen LogP contribution is 2.36. The highest BCUT2D eigenvalue weighted by atomic mass is 35.5. The van der Waals surface area contributed by atoms with Crippen LogP contribution in [-0.4, -0.2) is 32.7 Å². The highest BCUT2D eigenvalue weighted by Gasteiger charge is 2.12. The van der Waals surface area contributed by atoms with Crippen molar-refractivity contribution >= 4 is 17.5 Å². The van der Waals surface area contributed by atoms with Crippen LogP contribution in [0.15, 0.2) is 12.1 Å². The van der Waals surface area contributed by atoms with Crippen LogP contribution in [0.2, 0.25) is 5.02 Å². The smallest absolute Gasteiger partial charge is 0.223 e. The molecule has 0 atom stereocenters. The molecule has 0 spiro atoms. The summed E-state index contributed by atoms with van der Waals surface area (Å²) in [5.74, 6) is 1.01. The van der Waals surface area contributed by atoms with E-state index in [0.29, 0.717) is 29.6 Å². The third kappa shape index (κ3) is 5.81. The molecule has 1 aromatic carbocycles. The van der Waals surface area contributed by atoms with Crippen LogP contribution in [0.5, 0.6) is 11.5 Å². The number of ether oxygens (including phenoxy) is 2. The van der Waals surface area contributed by atoms with Crippen molar-refractivity contribution in [3.05, 3.63) is 22.7 Å². The number of amides is 1. The van der Waals surface area contributed by atoms with Gasteiger partial charge >= 0.3 is 0 Å². The molecule has 6 heteroatoms. The van der Waals surface area contributed by atoms with Crippen molar-refractivity contribution in [2.75, 3.05) is 26.8 Å². The monoisotopic (exact) mass is 314 g/mol. The molecule has 1 aromatic rings. The standard InChI is InChI=1S/C15H23ClN2O3/c1-4-17-10-11-8-12(16)15(13(9-11)20-3)21-7-6-14(19)18-5-2/h8-9,17H,4-7,10H2,1-3H3,(H,18,19). The number of hydrogen-bond donors (Lipinski definition) is 2. The first-order valence-corrected chi connectivity index (χ1v) is 7.46. The quantitative estimate of drug-likeness (QED) is 0.734. The van der Waals surface area contributed by atoms with E-state index in [-0.39, 0.29) is 18.9 Å². The summed E-state index contributed by atoms with van der Waals surface area (Å²) in [7, 11) is 1.57. The van der Waals surface area contributed by atoms with Gasteiger partial charge in [0.2, 0.25) is 5.91 Å². The molecule has 21 heavy (non-hydrogen) atoms. The summed E-state index contributed by atoms with van der Waals surface area (Å²) < 4.78 is 10.9. The predicted molar refractivity (Wildman–Crippen MR) is 84.2 cm³/mol. The van der Waals surface area contributed by atoms with Gasteiger partial charge in [-0.05, 0) is 31.2 Å². The Morgan fingerprint density at radius 2 is 2.05 bits per heavy atom. The molecule has 1 amide bonds. The van der Waals surface area contributed by atoms with Crippen LogP contribution in [-0.2, 0) is 11.3 Å². The van der Waals surface area contributed by atoms with Gasteiger partial charge in [-0.2, -0.15) is 0 Å². The topological polar surface area (TPSA) is 59.6 Å². The zero-order valence-corrected chi connectivity index (χ0v) is 13.5. The maximum Gasteiger partial charge on any atom is 0.223 e. The van der Waals surface area contributed by atoms with Crippen molar-refractivity contribution in [1.29, 1.82) is 0 Å². The van der Waals surface area contributed by atoms with E-state index in [0.717, 1.165) is 12.1 Å². The van der Waals surface area contributed by atoms with E-state index in [9.17, 15) is 4.79 Å². The first-order valence-electron chi connectivity index (χ1n) is 7.08. The minimum Gasteiger partial charge on any atom is -0.493 e. The summed E-state index contributed by atoms with van der Waals surface area (Å²) in [6, 6.07) is 3.73. The lowest BCUT2D eigenvalue weighted by Crippen LogP contribution is -2.24. The molecule has 0 saturated heterocycles. The van der Waals surface area contributed by atoms with Crippen molar-refractivity contribution in [2.24, 2.45) is 0 Å². The van der Waals surface area contributed by atoms with E-state index in [1.807, 2.05) is 26.0 Å². The molecule has 0 aliphatic rings. The number of methoxy groups -OCH3 is 1. The van der Waals surface area contributed by atoms with Crippen LogP contribution in [0, 0.1) is 0 Å². The Labute approximate surface area is 131 Å². The van der Waals surface area contributed by atoms with E-state index in [1.165, 1.54) is 0 Å². The predicted octanol–water partition coefficient (Wildman–Crippen LogP) is 2.36. The van der Waals surface area contributed by atoms with E-state index in [1.54, 1.807) is 7.11 Å². The average Bonchev–Trinajstić information content (AvgIpc) is 2.46. The maximum absolute atomic E-state index is 11.4. The zero-order chi connectivity index (χ0) is 15.7. The molecule has 0 radical (unpaired) electrons. The van der Waals surface area contributed by atoms with Crippen LogP contribution in [0.4, 0.5) is 0 Å². The third-order valence-electron chi connectivity index (χ3n) is 2.82. The molecule has 2 N–H and O–H groups in total. The SMILES string of the molecule is CCNCc1cc(Cl)c(OCCC(=O)NCC)c(OC)c1. The van der Waals surface area contributed by atoms with Crippen LogP contribution in [0.3, 0.4) is 0 Å². The lowest BCUT2D eigenvalue weighted by Gasteiger charge is -2.14. The van der Waals surface area contributed by atoms with Crippen molar-refractivity contribution in [3.63, 3.8) is 0 Å². The summed E-state index contributed by atoms with van der Waals surface area (Å²) in [6.45, 7) is 6.38. The van der Waals surface area contributed by atoms with Gasteiger partial charge in [-0.3, -0.25) is 4.79 Å². The molecule has 0 bridgehead atoms. The lowest BCUT2D eigenvalue weighted by molar-refractivity contribution is -0.121. The fraction of sp³-hybridized carbons (Fsp3) is 0.533. The number of benzene rings is 1. The zero-order valence-electron chi connectivity index (χ0n) is 12.8. The summed E-state index contributed by atoms with van der Waals surface area (Å²) in [6.07, 6.45) is 0.284. The molecule has 0 unspecified atom stereocenters. The molecule has 118 valence electrons. The van der Waals surface area contributed by atoms with Gasteiger partial charge in [-0.1, -0.05) is 18.5 Å². The molecule has 1 rings (SSSR count). The molecule has 0 heterocycles. The van der Waals surface area contributed by atoms with Crippen LogP contribution < -0.4 is 20.1 Å². The van der Waals surface area contributed by atoms with Crippen LogP contribution >= 0.6 is 11.6 Å². The van der Waals surface area contributed by atoms with Crippen molar-refractivity contribution < 1.29 is 14.3 Å². The van der Waals surface area contributed by atoms with Crippen LogP contribution in [0.25, 0.3) is 0 Å². The van der Waals surface area contributed by atoms with Gasteiger partial charge in [0, 0.05) is 13.1 Å². The van der Waals surface area contributed by atoms with E-state index >= 15 is 0 Å². The van der Waals surface area contributed by atoms with Gasteiger partial charge in [0.25, 0.3) is 0 Å². The Morgan fingerprint density at radius 3 is 2.67 bits per heavy atom. The molecule has 0 aliphatic carbocycles. The van der Waals surface area contributed by atoms with Gasteiger partial charge in [0.15, 0.2) is 11.5 Å². The van der Waals surface area contributed by atoms with Crippen molar-refractivity contribution in [3.8, 4) is 11.5 Å². The minimum absolute atomic E-state index is 0.0450. The summed E-state index contributed by atoms with van der Waals surface area (Å²) in [4.78, 5) is 11.4. The van der Waals surface area contributed by atoms with Gasteiger partial charge in [0.05, 0.1) is 25.2 Å². The highest BCUT2D eigenvalue weighted by molar-refractivity contribution is 6.32. The summed E-state index contributed by atoms with van der Waals surface area (Å²) in [5.41, 5.74) is 1.02. The number of hydrogen-bond acceptors (Lipinski definition) is 4. The van der Waals surface area contributed by atoms with Crippen LogP contribution in [0.1, 0.15) is 25.8 Å². The fourth-order valence-electron chi connectivity index (χ4n) is 1.82. The Hall–Kier alpha value is -1.46. The first-order chi connectivity index (χ1) is 10.1. The molecule has 0 saturated carbocycles. The third-order valence-corrected chi connectivity index (χ3v) is 3.10.